The van der Waals surface area contributed by atoms with E-state index in [1.807, 2.05) is 37.8 Å². The number of likely N-dealkylation sites (tertiary alicyclic amines) is 1. The summed E-state index contributed by atoms with van der Waals surface area (Å²) in [6, 6.07) is 7.48. The van der Waals surface area contributed by atoms with Crippen LogP contribution in [0.4, 0.5) is 0 Å². The average molecular weight is 346 g/mol. The molecular formula is C20H30N2O3. The summed E-state index contributed by atoms with van der Waals surface area (Å²) < 4.78 is 5.74. The van der Waals surface area contributed by atoms with Gasteiger partial charge in [-0.05, 0) is 70.3 Å². The molecule has 1 amide bonds. The Bertz CT molecular complexity index is 571. The molecule has 2 aliphatic rings. The Kier molecular flexibility index (Phi) is 5.64. The van der Waals surface area contributed by atoms with E-state index in [0.29, 0.717) is 24.8 Å². The summed E-state index contributed by atoms with van der Waals surface area (Å²) in [7, 11) is 0. The molecule has 0 saturated carbocycles. The number of hydrogen-bond acceptors (Lipinski definition) is 4. The van der Waals surface area contributed by atoms with E-state index >= 15 is 0 Å². The minimum absolute atomic E-state index is 0.0710. The van der Waals surface area contributed by atoms with Crippen LogP contribution in [0.2, 0.25) is 0 Å². The molecule has 0 radical (unpaired) electrons. The molecule has 1 aromatic carbocycles. The molecule has 0 aromatic heterocycles. The number of carbonyl (C=O) groups is 1. The van der Waals surface area contributed by atoms with Crippen molar-refractivity contribution in [2.75, 3.05) is 26.2 Å². The fraction of sp³-hybridized carbons (Fsp3) is 0.650. The van der Waals surface area contributed by atoms with Gasteiger partial charge in [-0.25, -0.2) is 0 Å². The molecule has 2 saturated heterocycles. The number of nitrogens with zero attached hydrogens (tertiary/aromatic N) is 2. The van der Waals surface area contributed by atoms with Crippen LogP contribution in [0.3, 0.4) is 0 Å². The third-order valence-corrected chi connectivity index (χ3v) is 5.53. The van der Waals surface area contributed by atoms with Crippen molar-refractivity contribution in [3.63, 3.8) is 0 Å². The summed E-state index contributed by atoms with van der Waals surface area (Å²) in [4.78, 5) is 17.2. The lowest BCUT2D eigenvalue weighted by atomic mass is 9.89. The lowest BCUT2D eigenvalue weighted by Gasteiger charge is -2.40. The van der Waals surface area contributed by atoms with Crippen molar-refractivity contribution >= 4 is 5.91 Å². The lowest BCUT2D eigenvalue weighted by molar-refractivity contribution is -0.148. The Morgan fingerprint density at radius 2 is 1.68 bits per heavy atom. The second-order valence-corrected chi connectivity index (χ2v) is 7.58. The molecule has 1 aromatic rings. The van der Waals surface area contributed by atoms with Gasteiger partial charge < -0.3 is 14.7 Å². The molecule has 5 nitrogen and oxygen atoms in total. The predicted octanol–water partition coefficient (Wildman–Crippen LogP) is 2.60. The van der Waals surface area contributed by atoms with Crippen LogP contribution in [0.5, 0.6) is 5.75 Å². The highest BCUT2D eigenvalue weighted by molar-refractivity contribution is 5.81. The third kappa shape index (κ3) is 4.33. The molecule has 2 heterocycles. The second-order valence-electron chi connectivity index (χ2n) is 7.58. The third-order valence-electron chi connectivity index (χ3n) is 5.53. The SMILES string of the molecule is C[C@@H]1CN(C(=O)[C@@H](C)N2CCC(c3ccc(O)cc3)CC2)C[C@H](C)O1. The fourth-order valence-electron chi connectivity index (χ4n) is 4.14. The minimum Gasteiger partial charge on any atom is -0.508 e. The maximum atomic E-state index is 12.9. The summed E-state index contributed by atoms with van der Waals surface area (Å²) in [5, 5.41) is 9.43. The highest BCUT2D eigenvalue weighted by Gasteiger charge is 2.33. The second kappa shape index (κ2) is 7.75. The summed E-state index contributed by atoms with van der Waals surface area (Å²) in [6.07, 6.45) is 2.33. The molecule has 1 N–H and O–H groups in total. The van der Waals surface area contributed by atoms with Crippen LogP contribution >= 0.6 is 0 Å². The van der Waals surface area contributed by atoms with Crippen molar-refractivity contribution in [2.45, 2.75) is 57.8 Å². The zero-order valence-corrected chi connectivity index (χ0v) is 15.5. The molecule has 138 valence electrons. The van der Waals surface area contributed by atoms with Gasteiger partial charge >= 0.3 is 0 Å². The highest BCUT2D eigenvalue weighted by atomic mass is 16.5. The maximum absolute atomic E-state index is 12.9. The lowest BCUT2D eigenvalue weighted by Crippen LogP contribution is -2.55. The van der Waals surface area contributed by atoms with Crippen molar-refractivity contribution in [3.05, 3.63) is 29.8 Å². The van der Waals surface area contributed by atoms with Crippen LogP contribution in [0.25, 0.3) is 0 Å². The van der Waals surface area contributed by atoms with Gasteiger partial charge in [0.2, 0.25) is 5.91 Å². The number of phenolic OH excluding ortho intramolecular Hbond substituents is 1. The van der Waals surface area contributed by atoms with Crippen LogP contribution in [0.1, 0.15) is 45.1 Å². The Labute approximate surface area is 150 Å². The molecule has 0 bridgehead atoms. The quantitative estimate of drug-likeness (QED) is 0.914. The van der Waals surface area contributed by atoms with Gasteiger partial charge in [0.25, 0.3) is 0 Å². The highest BCUT2D eigenvalue weighted by Crippen LogP contribution is 2.30. The first-order chi connectivity index (χ1) is 11.9. The molecule has 3 rings (SSSR count). The van der Waals surface area contributed by atoms with Gasteiger partial charge in [-0.15, -0.1) is 0 Å². The molecule has 3 atom stereocenters. The van der Waals surface area contributed by atoms with Crippen LogP contribution in [0.15, 0.2) is 24.3 Å². The van der Waals surface area contributed by atoms with Gasteiger partial charge in [0.05, 0.1) is 18.2 Å². The van der Waals surface area contributed by atoms with Crippen LogP contribution < -0.4 is 0 Å². The standard InChI is InChI=1S/C20H30N2O3/c1-14-12-22(13-15(2)25-14)20(24)16(3)21-10-8-18(9-11-21)17-4-6-19(23)7-5-17/h4-7,14-16,18,23H,8-13H2,1-3H3/t14-,15+,16-/m1/s1. The Morgan fingerprint density at radius 3 is 2.24 bits per heavy atom. The summed E-state index contributed by atoms with van der Waals surface area (Å²) in [6.45, 7) is 9.36. The molecule has 2 fully saturated rings. The van der Waals surface area contributed by atoms with Crippen molar-refractivity contribution in [2.24, 2.45) is 0 Å². The topological polar surface area (TPSA) is 53.0 Å². The van der Waals surface area contributed by atoms with E-state index in [2.05, 4.69) is 4.90 Å². The first-order valence-electron chi connectivity index (χ1n) is 9.41. The van der Waals surface area contributed by atoms with Crippen molar-refractivity contribution in [1.29, 1.82) is 0 Å². The number of rotatable bonds is 3. The van der Waals surface area contributed by atoms with E-state index in [9.17, 15) is 9.90 Å². The van der Waals surface area contributed by atoms with Crippen LogP contribution in [0, 0.1) is 0 Å². The number of piperidine rings is 1. The van der Waals surface area contributed by atoms with E-state index in [1.54, 1.807) is 12.1 Å². The molecule has 0 aliphatic carbocycles. The van der Waals surface area contributed by atoms with E-state index in [4.69, 9.17) is 4.74 Å². The van der Waals surface area contributed by atoms with E-state index in [0.717, 1.165) is 25.9 Å². The summed E-state index contributed by atoms with van der Waals surface area (Å²) >= 11 is 0. The van der Waals surface area contributed by atoms with Gasteiger partial charge in [0.15, 0.2) is 0 Å². The number of morpholine rings is 1. The smallest absolute Gasteiger partial charge is 0.239 e. The van der Waals surface area contributed by atoms with Gasteiger partial charge in [0.1, 0.15) is 5.75 Å². The average Bonchev–Trinajstić information content (AvgIpc) is 2.60. The van der Waals surface area contributed by atoms with Gasteiger partial charge in [-0.2, -0.15) is 0 Å². The molecule has 2 aliphatic heterocycles. The Hall–Kier alpha value is -1.59. The van der Waals surface area contributed by atoms with Crippen molar-refractivity contribution in [1.82, 2.24) is 9.80 Å². The van der Waals surface area contributed by atoms with E-state index in [1.165, 1.54) is 5.56 Å². The van der Waals surface area contributed by atoms with Gasteiger partial charge in [-0.3, -0.25) is 9.69 Å². The molecule has 0 spiro atoms. The van der Waals surface area contributed by atoms with Crippen LogP contribution in [-0.4, -0.2) is 65.2 Å². The summed E-state index contributed by atoms with van der Waals surface area (Å²) in [5.41, 5.74) is 1.28. The number of carbonyl (C=O) groups excluding carboxylic acids is 1. The molecule has 25 heavy (non-hydrogen) atoms. The minimum atomic E-state index is -0.0710. The fourth-order valence-corrected chi connectivity index (χ4v) is 4.14. The summed E-state index contributed by atoms with van der Waals surface area (Å²) in [5.74, 6) is 1.06. The normalized spacial score (nSPS) is 27.2. The number of aromatic hydroxyl groups is 1. The molecule has 0 unspecified atom stereocenters. The first-order valence-corrected chi connectivity index (χ1v) is 9.41. The van der Waals surface area contributed by atoms with Crippen molar-refractivity contribution in [3.8, 4) is 5.75 Å². The number of benzene rings is 1. The molecular weight excluding hydrogens is 316 g/mol. The largest absolute Gasteiger partial charge is 0.508 e. The Balaban J connectivity index is 1.55. The van der Waals surface area contributed by atoms with Crippen molar-refractivity contribution < 1.29 is 14.6 Å². The zero-order valence-electron chi connectivity index (χ0n) is 15.5. The predicted molar refractivity (Wildman–Crippen MR) is 97.7 cm³/mol. The number of hydrogen-bond donors (Lipinski definition) is 1. The van der Waals surface area contributed by atoms with E-state index in [-0.39, 0.29) is 24.2 Å². The first kappa shape index (κ1) is 18.2. The molecule has 5 heteroatoms. The Morgan fingerprint density at radius 1 is 1.12 bits per heavy atom. The zero-order chi connectivity index (χ0) is 18.0. The van der Waals surface area contributed by atoms with Crippen LogP contribution in [-0.2, 0) is 9.53 Å². The number of amides is 1. The van der Waals surface area contributed by atoms with Gasteiger partial charge in [0, 0.05) is 13.1 Å². The monoisotopic (exact) mass is 346 g/mol. The van der Waals surface area contributed by atoms with E-state index < -0.39 is 0 Å². The number of ether oxygens (including phenoxy) is 1. The number of phenols is 1. The van der Waals surface area contributed by atoms with Gasteiger partial charge in [-0.1, -0.05) is 12.1 Å². The maximum Gasteiger partial charge on any atom is 0.239 e.